The first-order valence-electron chi connectivity index (χ1n) is 10.6. The standard InChI is InChI=1S/C23H26N4O5/c1-15-6-8-18(9-7-15)26-17(3)21(29)27(23(26)31)16(2)20(28)24-10-12-25(13-11-24)22(30)19-5-4-14-32-19/h4-9,14,16-17H,10-13H2,1-3H3/t16-,17-/m0/s1. The lowest BCUT2D eigenvalue weighted by atomic mass is 10.2. The quantitative estimate of drug-likeness (QED) is 0.682. The topological polar surface area (TPSA) is 94.4 Å². The molecule has 2 aliphatic heterocycles. The predicted molar refractivity (Wildman–Crippen MR) is 116 cm³/mol. The number of benzene rings is 1. The Morgan fingerprint density at radius 3 is 2.22 bits per heavy atom. The van der Waals surface area contributed by atoms with Crippen LogP contribution in [0.1, 0.15) is 30.0 Å². The Morgan fingerprint density at radius 1 is 1.00 bits per heavy atom. The lowest BCUT2D eigenvalue weighted by Crippen LogP contribution is -2.56. The van der Waals surface area contributed by atoms with E-state index in [4.69, 9.17) is 4.42 Å². The summed E-state index contributed by atoms with van der Waals surface area (Å²) in [5.74, 6) is -0.669. The number of imide groups is 1. The fourth-order valence-corrected chi connectivity index (χ4v) is 4.14. The SMILES string of the molecule is Cc1ccc(N2C(=O)N([C@@H](C)C(=O)N3CCN(C(=O)c4ccco4)CC3)C(=O)[C@@H]2C)cc1. The molecule has 0 aliphatic carbocycles. The Hall–Kier alpha value is -3.62. The van der Waals surface area contributed by atoms with E-state index in [-0.39, 0.29) is 17.6 Å². The maximum atomic E-state index is 13.1. The van der Waals surface area contributed by atoms with Crippen molar-refractivity contribution in [3.63, 3.8) is 0 Å². The maximum Gasteiger partial charge on any atom is 0.332 e. The van der Waals surface area contributed by atoms with Crippen molar-refractivity contribution in [1.82, 2.24) is 14.7 Å². The number of hydrogen-bond donors (Lipinski definition) is 0. The van der Waals surface area contributed by atoms with Gasteiger partial charge in [-0.15, -0.1) is 0 Å². The Bertz CT molecular complexity index is 1030. The van der Waals surface area contributed by atoms with Gasteiger partial charge in [-0.2, -0.15) is 0 Å². The Kier molecular flexibility index (Phi) is 5.73. The van der Waals surface area contributed by atoms with Crippen LogP contribution in [0.2, 0.25) is 0 Å². The number of furan rings is 1. The minimum Gasteiger partial charge on any atom is -0.459 e. The lowest BCUT2D eigenvalue weighted by Gasteiger charge is -2.36. The summed E-state index contributed by atoms with van der Waals surface area (Å²) in [6, 6.07) is 8.47. The average molecular weight is 438 g/mol. The molecule has 9 heteroatoms. The second-order valence-corrected chi connectivity index (χ2v) is 8.14. The molecular weight excluding hydrogens is 412 g/mol. The van der Waals surface area contributed by atoms with E-state index in [1.54, 1.807) is 47.9 Å². The van der Waals surface area contributed by atoms with Gasteiger partial charge in [-0.3, -0.25) is 19.3 Å². The van der Waals surface area contributed by atoms with Gasteiger partial charge in [0, 0.05) is 31.9 Å². The zero-order valence-corrected chi connectivity index (χ0v) is 18.4. The van der Waals surface area contributed by atoms with Crippen LogP contribution in [0.4, 0.5) is 10.5 Å². The number of piperazine rings is 1. The van der Waals surface area contributed by atoms with Gasteiger partial charge in [0.2, 0.25) is 5.91 Å². The monoisotopic (exact) mass is 438 g/mol. The number of rotatable bonds is 4. The summed E-state index contributed by atoms with van der Waals surface area (Å²) in [4.78, 5) is 57.2. The van der Waals surface area contributed by atoms with E-state index in [0.29, 0.717) is 31.9 Å². The smallest absolute Gasteiger partial charge is 0.332 e. The van der Waals surface area contributed by atoms with Crippen molar-refractivity contribution in [1.29, 1.82) is 0 Å². The van der Waals surface area contributed by atoms with Gasteiger partial charge >= 0.3 is 6.03 Å². The lowest BCUT2D eigenvalue weighted by molar-refractivity contribution is -0.142. The number of aryl methyl sites for hydroxylation is 1. The summed E-state index contributed by atoms with van der Waals surface area (Å²) in [5.41, 5.74) is 1.66. The normalized spacial score (nSPS) is 20.2. The van der Waals surface area contributed by atoms with E-state index in [9.17, 15) is 19.2 Å². The summed E-state index contributed by atoms with van der Waals surface area (Å²) in [6.45, 7) is 6.53. The first-order valence-corrected chi connectivity index (χ1v) is 10.6. The van der Waals surface area contributed by atoms with E-state index in [1.807, 2.05) is 19.1 Å². The van der Waals surface area contributed by atoms with Crippen LogP contribution in [0, 0.1) is 6.92 Å². The highest BCUT2D eigenvalue weighted by molar-refractivity contribution is 6.16. The third kappa shape index (κ3) is 3.74. The highest BCUT2D eigenvalue weighted by atomic mass is 16.3. The first-order chi connectivity index (χ1) is 15.3. The number of hydrogen-bond acceptors (Lipinski definition) is 5. The highest BCUT2D eigenvalue weighted by Gasteiger charge is 2.48. The van der Waals surface area contributed by atoms with Crippen LogP contribution < -0.4 is 4.90 Å². The largest absolute Gasteiger partial charge is 0.459 e. The molecule has 9 nitrogen and oxygen atoms in total. The molecule has 2 saturated heterocycles. The number of urea groups is 1. The summed E-state index contributed by atoms with van der Waals surface area (Å²) in [7, 11) is 0. The maximum absolute atomic E-state index is 13.1. The molecule has 0 unspecified atom stereocenters. The number of amides is 5. The van der Waals surface area contributed by atoms with E-state index < -0.39 is 24.0 Å². The third-order valence-electron chi connectivity index (χ3n) is 6.06. The Balaban J connectivity index is 1.42. The molecule has 1 aromatic heterocycles. The van der Waals surface area contributed by atoms with E-state index >= 15 is 0 Å². The van der Waals surface area contributed by atoms with Crippen LogP contribution in [-0.2, 0) is 9.59 Å². The second kappa shape index (κ2) is 8.49. The Morgan fingerprint density at radius 2 is 1.62 bits per heavy atom. The van der Waals surface area contributed by atoms with Gasteiger partial charge in [0.05, 0.1) is 6.26 Å². The van der Waals surface area contributed by atoms with Crippen LogP contribution in [0.25, 0.3) is 0 Å². The van der Waals surface area contributed by atoms with Gasteiger partial charge in [-0.25, -0.2) is 9.69 Å². The number of nitrogens with zero attached hydrogens (tertiary/aromatic N) is 4. The molecule has 32 heavy (non-hydrogen) atoms. The van der Waals surface area contributed by atoms with Crippen molar-refractivity contribution < 1.29 is 23.6 Å². The molecule has 2 aromatic rings. The molecular formula is C23H26N4O5. The Labute approximate surface area is 186 Å². The second-order valence-electron chi connectivity index (χ2n) is 8.14. The molecule has 0 bridgehead atoms. The first kappa shape index (κ1) is 21.6. The molecule has 4 rings (SSSR count). The van der Waals surface area contributed by atoms with Gasteiger partial charge in [0.1, 0.15) is 12.1 Å². The van der Waals surface area contributed by atoms with Crippen molar-refractivity contribution in [3.05, 3.63) is 54.0 Å². The van der Waals surface area contributed by atoms with Crippen molar-refractivity contribution in [2.24, 2.45) is 0 Å². The number of carbonyl (C=O) groups excluding carboxylic acids is 4. The zero-order valence-electron chi connectivity index (χ0n) is 18.4. The minimum absolute atomic E-state index is 0.220. The van der Waals surface area contributed by atoms with Crippen molar-refractivity contribution >= 4 is 29.4 Å². The van der Waals surface area contributed by atoms with Gasteiger partial charge in [0.15, 0.2) is 5.76 Å². The van der Waals surface area contributed by atoms with Crippen molar-refractivity contribution in [3.8, 4) is 0 Å². The molecule has 0 spiro atoms. The molecule has 168 valence electrons. The molecule has 2 fully saturated rings. The van der Waals surface area contributed by atoms with Crippen LogP contribution in [0.15, 0.2) is 47.1 Å². The predicted octanol–water partition coefficient (Wildman–Crippen LogP) is 2.12. The summed E-state index contributed by atoms with van der Waals surface area (Å²) < 4.78 is 5.16. The molecule has 1 aromatic carbocycles. The van der Waals surface area contributed by atoms with Crippen LogP contribution in [0.5, 0.6) is 0 Å². The van der Waals surface area contributed by atoms with Crippen molar-refractivity contribution in [2.45, 2.75) is 32.9 Å². The summed E-state index contributed by atoms with van der Waals surface area (Å²) in [6.07, 6.45) is 1.44. The highest BCUT2D eigenvalue weighted by Crippen LogP contribution is 2.28. The van der Waals surface area contributed by atoms with Crippen LogP contribution in [-0.4, -0.2) is 76.7 Å². The fourth-order valence-electron chi connectivity index (χ4n) is 4.14. The average Bonchev–Trinajstić information content (AvgIpc) is 3.41. The van der Waals surface area contributed by atoms with Gasteiger partial charge < -0.3 is 14.2 Å². The van der Waals surface area contributed by atoms with Crippen LogP contribution in [0.3, 0.4) is 0 Å². The van der Waals surface area contributed by atoms with Gasteiger partial charge in [-0.1, -0.05) is 17.7 Å². The van der Waals surface area contributed by atoms with Gasteiger partial charge in [-0.05, 0) is 45.0 Å². The summed E-state index contributed by atoms with van der Waals surface area (Å²) in [5, 5.41) is 0. The van der Waals surface area contributed by atoms with Crippen molar-refractivity contribution in [2.75, 3.05) is 31.1 Å². The van der Waals surface area contributed by atoms with Crippen LogP contribution >= 0.6 is 0 Å². The molecule has 5 amide bonds. The zero-order chi connectivity index (χ0) is 23.0. The molecule has 0 radical (unpaired) electrons. The number of anilines is 1. The molecule has 2 atom stereocenters. The summed E-state index contributed by atoms with van der Waals surface area (Å²) >= 11 is 0. The number of carbonyl (C=O) groups is 4. The van der Waals surface area contributed by atoms with E-state index in [0.717, 1.165) is 10.5 Å². The third-order valence-corrected chi connectivity index (χ3v) is 6.06. The molecule has 0 N–H and O–H groups in total. The van der Waals surface area contributed by atoms with E-state index in [1.165, 1.54) is 11.2 Å². The van der Waals surface area contributed by atoms with E-state index in [2.05, 4.69) is 0 Å². The molecule has 2 aliphatic rings. The minimum atomic E-state index is -0.930. The molecule has 3 heterocycles. The fraction of sp³-hybridized carbons (Fsp3) is 0.391. The van der Waals surface area contributed by atoms with Gasteiger partial charge in [0.25, 0.3) is 11.8 Å². The molecule has 0 saturated carbocycles.